The van der Waals surface area contributed by atoms with E-state index in [-0.39, 0.29) is 6.10 Å². The van der Waals surface area contributed by atoms with Crippen molar-refractivity contribution in [3.05, 3.63) is 46.4 Å². The van der Waals surface area contributed by atoms with E-state index in [9.17, 15) is 0 Å². The first-order valence-electron chi connectivity index (χ1n) is 6.54. The van der Waals surface area contributed by atoms with Crippen LogP contribution in [0.2, 0.25) is 0 Å². The molecular formula is C16H19BrN2O. The molecule has 0 fully saturated rings. The maximum absolute atomic E-state index is 5.93. The van der Waals surface area contributed by atoms with E-state index in [0.29, 0.717) is 5.69 Å². The monoisotopic (exact) mass is 334 g/mol. The molecule has 0 aliphatic heterocycles. The molecule has 0 radical (unpaired) electrons. The van der Waals surface area contributed by atoms with Gasteiger partial charge in [-0.05, 0) is 44.5 Å². The number of nitrogens with one attached hydrogen (secondary N) is 1. The lowest BCUT2D eigenvalue weighted by atomic mass is 10.2. The summed E-state index contributed by atoms with van der Waals surface area (Å²) in [5, 5.41) is 3.38. The van der Waals surface area contributed by atoms with E-state index in [4.69, 9.17) is 10.5 Å². The summed E-state index contributed by atoms with van der Waals surface area (Å²) in [4.78, 5) is 0. The van der Waals surface area contributed by atoms with Crippen LogP contribution in [0.4, 0.5) is 17.1 Å². The first-order valence-corrected chi connectivity index (χ1v) is 7.34. The highest BCUT2D eigenvalue weighted by Crippen LogP contribution is 2.29. The van der Waals surface area contributed by atoms with Crippen LogP contribution in [0.3, 0.4) is 0 Å². The number of anilines is 3. The molecule has 2 rings (SSSR count). The predicted octanol–water partition coefficient (Wildman–Crippen LogP) is 4.87. The molecule has 4 heteroatoms. The summed E-state index contributed by atoms with van der Waals surface area (Å²) >= 11 is 3.48. The van der Waals surface area contributed by atoms with Gasteiger partial charge in [-0.25, -0.2) is 0 Å². The Kier molecular flexibility index (Phi) is 4.55. The van der Waals surface area contributed by atoms with Crippen LogP contribution < -0.4 is 15.8 Å². The van der Waals surface area contributed by atoms with E-state index in [1.807, 2.05) is 44.2 Å². The van der Waals surface area contributed by atoms with Gasteiger partial charge in [0.2, 0.25) is 0 Å². The molecule has 0 bridgehead atoms. The van der Waals surface area contributed by atoms with Crippen LogP contribution in [0.25, 0.3) is 0 Å². The fourth-order valence-electron chi connectivity index (χ4n) is 1.92. The Morgan fingerprint density at radius 3 is 2.60 bits per heavy atom. The topological polar surface area (TPSA) is 47.3 Å². The molecule has 0 saturated heterocycles. The minimum Gasteiger partial charge on any atom is -0.491 e. The molecule has 2 aromatic carbocycles. The fraction of sp³-hybridized carbons (Fsp3) is 0.250. The van der Waals surface area contributed by atoms with Crippen molar-refractivity contribution in [2.24, 2.45) is 0 Å². The molecule has 0 atom stereocenters. The number of nitrogens with two attached hydrogens (primary N) is 1. The zero-order valence-corrected chi connectivity index (χ0v) is 13.5. The van der Waals surface area contributed by atoms with Gasteiger partial charge in [-0.3, -0.25) is 0 Å². The van der Waals surface area contributed by atoms with Gasteiger partial charge in [-0.2, -0.15) is 0 Å². The van der Waals surface area contributed by atoms with Crippen LogP contribution in [0, 0.1) is 6.92 Å². The van der Waals surface area contributed by atoms with E-state index in [1.54, 1.807) is 0 Å². The minimum absolute atomic E-state index is 0.122. The first-order chi connectivity index (χ1) is 9.44. The average Bonchev–Trinajstić information content (AvgIpc) is 2.32. The minimum atomic E-state index is 0.122. The standard InChI is InChI=1S/C16H19BrN2O/c1-10(2)20-15-8-13(18)7-14(9-15)19-16-6-12(17)5-4-11(16)3/h4-10,19H,18H2,1-3H3. The highest BCUT2D eigenvalue weighted by atomic mass is 79.9. The summed E-state index contributed by atoms with van der Waals surface area (Å²) in [7, 11) is 0. The third kappa shape index (κ3) is 3.90. The quantitative estimate of drug-likeness (QED) is 0.784. The van der Waals surface area contributed by atoms with Gasteiger partial charge in [0, 0.05) is 33.7 Å². The third-order valence-electron chi connectivity index (χ3n) is 2.78. The van der Waals surface area contributed by atoms with Gasteiger partial charge in [-0.1, -0.05) is 22.0 Å². The van der Waals surface area contributed by atoms with E-state index in [0.717, 1.165) is 21.6 Å². The first kappa shape index (κ1) is 14.7. The molecule has 0 saturated carbocycles. The summed E-state index contributed by atoms with van der Waals surface area (Å²) in [5.41, 5.74) is 9.74. The molecule has 20 heavy (non-hydrogen) atoms. The van der Waals surface area contributed by atoms with Crippen molar-refractivity contribution in [1.29, 1.82) is 0 Å². The van der Waals surface area contributed by atoms with Crippen molar-refractivity contribution in [2.75, 3.05) is 11.1 Å². The average molecular weight is 335 g/mol. The summed E-state index contributed by atoms with van der Waals surface area (Å²) < 4.78 is 6.73. The number of aryl methyl sites for hydroxylation is 1. The Morgan fingerprint density at radius 2 is 1.90 bits per heavy atom. The Bertz CT molecular complexity index is 611. The Balaban J connectivity index is 2.28. The number of benzene rings is 2. The second kappa shape index (κ2) is 6.18. The van der Waals surface area contributed by atoms with E-state index >= 15 is 0 Å². The molecule has 3 N–H and O–H groups in total. The third-order valence-corrected chi connectivity index (χ3v) is 3.27. The summed E-state index contributed by atoms with van der Waals surface area (Å²) in [6, 6.07) is 11.8. The van der Waals surface area contributed by atoms with Gasteiger partial charge in [0.1, 0.15) is 5.75 Å². The fourth-order valence-corrected chi connectivity index (χ4v) is 2.28. The predicted molar refractivity (Wildman–Crippen MR) is 88.8 cm³/mol. The SMILES string of the molecule is Cc1ccc(Br)cc1Nc1cc(N)cc(OC(C)C)c1. The summed E-state index contributed by atoms with van der Waals surface area (Å²) in [6.45, 7) is 6.05. The molecule has 3 nitrogen and oxygen atoms in total. The largest absolute Gasteiger partial charge is 0.491 e. The lowest BCUT2D eigenvalue weighted by molar-refractivity contribution is 0.242. The second-order valence-electron chi connectivity index (χ2n) is 5.04. The maximum atomic E-state index is 5.93. The maximum Gasteiger partial charge on any atom is 0.123 e. The second-order valence-corrected chi connectivity index (χ2v) is 5.96. The number of ether oxygens (including phenoxy) is 1. The summed E-state index contributed by atoms with van der Waals surface area (Å²) in [6.07, 6.45) is 0.122. The van der Waals surface area contributed by atoms with Gasteiger partial charge in [0.15, 0.2) is 0 Å². The van der Waals surface area contributed by atoms with Crippen molar-refractivity contribution in [3.63, 3.8) is 0 Å². The van der Waals surface area contributed by atoms with Gasteiger partial charge >= 0.3 is 0 Å². The van der Waals surface area contributed by atoms with Crippen LogP contribution in [-0.2, 0) is 0 Å². The molecule has 106 valence electrons. The summed E-state index contributed by atoms with van der Waals surface area (Å²) in [5.74, 6) is 0.773. The Hall–Kier alpha value is -1.68. The number of hydrogen-bond acceptors (Lipinski definition) is 3. The molecule has 0 unspecified atom stereocenters. The van der Waals surface area contributed by atoms with Crippen molar-refractivity contribution in [1.82, 2.24) is 0 Å². The molecule has 0 aliphatic carbocycles. The van der Waals surface area contributed by atoms with Crippen molar-refractivity contribution < 1.29 is 4.74 Å². The molecular weight excluding hydrogens is 316 g/mol. The zero-order valence-electron chi connectivity index (χ0n) is 11.9. The van der Waals surface area contributed by atoms with E-state index < -0.39 is 0 Å². The van der Waals surface area contributed by atoms with Gasteiger partial charge in [0.05, 0.1) is 6.10 Å². The molecule has 0 aromatic heterocycles. The molecule has 0 spiro atoms. The number of hydrogen-bond donors (Lipinski definition) is 2. The van der Waals surface area contributed by atoms with Crippen LogP contribution in [0.15, 0.2) is 40.9 Å². The van der Waals surface area contributed by atoms with Crippen LogP contribution in [0.5, 0.6) is 5.75 Å². The normalized spacial score (nSPS) is 10.7. The van der Waals surface area contributed by atoms with E-state index in [1.165, 1.54) is 5.56 Å². The van der Waals surface area contributed by atoms with E-state index in [2.05, 4.69) is 34.2 Å². The van der Waals surface area contributed by atoms with Crippen LogP contribution >= 0.6 is 15.9 Å². The number of rotatable bonds is 4. The molecule has 0 amide bonds. The highest BCUT2D eigenvalue weighted by molar-refractivity contribution is 9.10. The van der Waals surface area contributed by atoms with Gasteiger partial charge in [0.25, 0.3) is 0 Å². The van der Waals surface area contributed by atoms with Crippen molar-refractivity contribution in [3.8, 4) is 5.75 Å². The molecule has 0 heterocycles. The molecule has 0 aliphatic rings. The van der Waals surface area contributed by atoms with Gasteiger partial charge < -0.3 is 15.8 Å². The molecule has 2 aromatic rings. The zero-order chi connectivity index (χ0) is 14.7. The lowest BCUT2D eigenvalue weighted by Crippen LogP contribution is -2.06. The number of halogens is 1. The highest BCUT2D eigenvalue weighted by Gasteiger charge is 2.05. The van der Waals surface area contributed by atoms with Crippen molar-refractivity contribution >= 4 is 33.0 Å². The number of nitrogen functional groups attached to an aromatic ring is 1. The van der Waals surface area contributed by atoms with Crippen molar-refractivity contribution in [2.45, 2.75) is 26.9 Å². The van der Waals surface area contributed by atoms with Crippen LogP contribution in [0.1, 0.15) is 19.4 Å². The smallest absolute Gasteiger partial charge is 0.123 e. The van der Waals surface area contributed by atoms with Gasteiger partial charge in [-0.15, -0.1) is 0 Å². The Labute approximate surface area is 128 Å². The lowest BCUT2D eigenvalue weighted by Gasteiger charge is -2.14. The Morgan fingerprint density at radius 1 is 1.15 bits per heavy atom. The van der Waals surface area contributed by atoms with Crippen LogP contribution in [-0.4, -0.2) is 6.10 Å².